The number of thiophene rings is 1. The first-order valence-corrected chi connectivity index (χ1v) is 8.09. The number of hydrogen-bond donors (Lipinski definition) is 1. The van der Waals surface area contributed by atoms with Crippen LogP contribution in [0.25, 0.3) is 0 Å². The minimum atomic E-state index is 0.535. The average Bonchev–Trinajstić information content (AvgIpc) is 2.82. The van der Waals surface area contributed by atoms with Gasteiger partial charge in [0.15, 0.2) is 0 Å². The van der Waals surface area contributed by atoms with Gasteiger partial charge < -0.3 is 5.32 Å². The summed E-state index contributed by atoms with van der Waals surface area (Å²) < 4.78 is 0. The van der Waals surface area contributed by atoms with Crippen LogP contribution in [0.15, 0.2) is 23.8 Å². The topological polar surface area (TPSA) is 12.0 Å². The summed E-state index contributed by atoms with van der Waals surface area (Å²) in [5.74, 6) is 0. The van der Waals surface area contributed by atoms with E-state index < -0.39 is 0 Å². The molecular formula is C16H25NS. The molecule has 0 spiro atoms. The summed E-state index contributed by atoms with van der Waals surface area (Å²) in [5.41, 5.74) is 1.67. The summed E-state index contributed by atoms with van der Waals surface area (Å²) in [6.45, 7) is 5.56. The quantitative estimate of drug-likeness (QED) is 0.713. The fraction of sp³-hybridized carbons (Fsp3) is 0.625. The molecule has 0 saturated heterocycles. The van der Waals surface area contributed by atoms with E-state index in [0.717, 1.165) is 6.54 Å². The Bertz CT molecular complexity index is 392. The van der Waals surface area contributed by atoms with Crippen LogP contribution < -0.4 is 5.32 Å². The summed E-state index contributed by atoms with van der Waals surface area (Å²) in [4.78, 5) is 2.93. The smallest absolute Gasteiger partial charge is 0.0452 e. The minimum absolute atomic E-state index is 0.535. The lowest BCUT2D eigenvalue weighted by Gasteiger charge is -2.21. The lowest BCUT2D eigenvalue weighted by Crippen LogP contribution is -2.22. The van der Waals surface area contributed by atoms with E-state index >= 15 is 0 Å². The Kier molecular flexibility index (Phi) is 5.45. The molecule has 1 heterocycles. The van der Waals surface area contributed by atoms with Crippen LogP contribution in [0.4, 0.5) is 0 Å². The van der Waals surface area contributed by atoms with Gasteiger partial charge in [0.25, 0.3) is 0 Å². The number of allylic oxidation sites excluding steroid dienone is 1. The molecule has 0 amide bonds. The van der Waals surface area contributed by atoms with Gasteiger partial charge in [-0.05, 0) is 64.1 Å². The zero-order valence-electron chi connectivity index (χ0n) is 11.7. The van der Waals surface area contributed by atoms with E-state index in [-0.39, 0.29) is 0 Å². The summed E-state index contributed by atoms with van der Waals surface area (Å²) in [6.07, 6.45) is 10.3. The fourth-order valence-corrected chi connectivity index (χ4v) is 3.54. The van der Waals surface area contributed by atoms with E-state index in [4.69, 9.17) is 0 Å². The van der Waals surface area contributed by atoms with Gasteiger partial charge in [0.2, 0.25) is 0 Å². The maximum atomic E-state index is 3.72. The van der Waals surface area contributed by atoms with Crippen molar-refractivity contribution in [2.45, 2.75) is 58.4 Å². The summed E-state index contributed by atoms with van der Waals surface area (Å²) in [5, 5.41) is 3.72. The molecule has 1 aliphatic rings. The van der Waals surface area contributed by atoms with Gasteiger partial charge in [0.1, 0.15) is 0 Å². The Hall–Kier alpha value is -0.600. The van der Waals surface area contributed by atoms with Crippen LogP contribution in [0.1, 0.15) is 61.2 Å². The van der Waals surface area contributed by atoms with Gasteiger partial charge in [-0.3, -0.25) is 0 Å². The van der Waals surface area contributed by atoms with Crippen molar-refractivity contribution in [2.24, 2.45) is 0 Å². The highest BCUT2D eigenvalue weighted by Crippen LogP contribution is 2.31. The van der Waals surface area contributed by atoms with Gasteiger partial charge in [-0.25, -0.2) is 0 Å². The first kappa shape index (κ1) is 13.8. The molecule has 0 radical (unpaired) electrons. The Labute approximate surface area is 115 Å². The second kappa shape index (κ2) is 7.10. The van der Waals surface area contributed by atoms with Crippen LogP contribution >= 0.6 is 11.3 Å². The molecule has 2 heteroatoms. The van der Waals surface area contributed by atoms with Gasteiger partial charge in [0.05, 0.1) is 0 Å². The summed E-state index contributed by atoms with van der Waals surface area (Å²) >= 11 is 1.95. The number of nitrogens with one attached hydrogen (secondary N) is 1. The van der Waals surface area contributed by atoms with Crippen molar-refractivity contribution >= 4 is 11.3 Å². The molecule has 0 saturated carbocycles. The highest BCUT2D eigenvalue weighted by Gasteiger charge is 2.15. The van der Waals surface area contributed by atoms with Gasteiger partial charge in [-0.15, -0.1) is 11.3 Å². The molecule has 1 aromatic rings. The molecule has 0 aromatic carbocycles. The number of hydrogen-bond acceptors (Lipinski definition) is 2. The van der Waals surface area contributed by atoms with Crippen LogP contribution in [-0.4, -0.2) is 6.54 Å². The molecule has 0 fully saturated rings. The number of aryl methyl sites for hydroxylation is 1. The van der Waals surface area contributed by atoms with Crippen molar-refractivity contribution < 1.29 is 0 Å². The molecule has 1 aromatic heterocycles. The third-order valence-corrected chi connectivity index (χ3v) is 4.71. The first-order chi connectivity index (χ1) is 8.79. The Morgan fingerprint density at radius 2 is 2.22 bits per heavy atom. The fourth-order valence-electron chi connectivity index (χ4n) is 2.58. The normalized spacial score (nSPS) is 17.6. The Morgan fingerprint density at radius 1 is 1.33 bits per heavy atom. The van der Waals surface area contributed by atoms with E-state index in [1.54, 1.807) is 5.57 Å². The second-order valence-electron chi connectivity index (χ2n) is 5.27. The average molecular weight is 263 g/mol. The van der Waals surface area contributed by atoms with Crippen molar-refractivity contribution in [3.05, 3.63) is 33.5 Å². The van der Waals surface area contributed by atoms with Crippen molar-refractivity contribution in [1.29, 1.82) is 0 Å². The predicted molar refractivity (Wildman–Crippen MR) is 81.3 cm³/mol. The summed E-state index contributed by atoms with van der Waals surface area (Å²) in [6, 6.07) is 5.08. The molecular weight excluding hydrogens is 238 g/mol. The van der Waals surface area contributed by atoms with Gasteiger partial charge in [0, 0.05) is 15.8 Å². The van der Waals surface area contributed by atoms with Crippen LogP contribution in [0.2, 0.25) is 0 Å². The molecule has 1 aliphatic carbocycles. The summed E-state index contributed by atoms with van der Waals surface area (Å²) in [7, 11) is 0. The van der Waals surface area contributed by atoms with Gasteiger partial charge in [-0.2, -0.15) is 0 Å². The van der Waals surface area contributed by atoms with Crippen LogP contribution in [0.3, 0.4) is 0 Å². The first-order valence-electron chi connectivity index (χ1n) is 7.27. The largest absolute Gasteiger partial charge is 0.309 e. The predicted octanol–water partition coefficient (Wildman–Crippen LogP) is 4.99. The zero-order chi connectivity index (χ0) is 12.8. The van der Waals surface area contributed by atoms with E-state index in [1.807, 2.05) is 11.3 Å². The second-order valence-corrected chi connectivity index (χ2v) is 6.59. The molecule has 1 N–H and O–H groups in total. The lowest BCUT2D eigenvalue weighted by molar-refractivity contribution is 0.518. The van der Waals surface area contributed by atoms with E-state index in [1.165, 1.54) is 48.3 Å². The maximum Gasteiger partial charge on any atom is 0.0452 e. The maximum absolute atomic E-state index is 3.72. The lowest BCUT2D eigenvalue weighted by atomic mass is 9.94. The van der Waals surface area contributed by atoms with Gasteiger partial charge in [-0.1, -0.05) is 18.6 Å². The highest BCUT2D eigenvalue weighted by molar-refractivity contribution is 7.12. The Balaban J connectivity index is 2.02. The molecule has 1 unspecified atom stereocenters. The SMILES string of the molecule is CCCNC(CC1=CCCCC1)c1ccc(C)s1. The standard InChI is InChI=1S/C16H25NS/c1-3-11-17-15(16-10-9-13(2)18-16)12-14-7-5-4-6-8-14/h7,9-10,15,17H,3-6,8,11-12H2,1-2H3. The monoisotopic (exact) mass is 263 g/mol. The van der Waals surface area contributed by atoms with E-state index in [2.05, 4.69) is 37.4 Å². The van der Waals surface area contributed by atoms with E-state index in [0.29, 0.717) is 6.04 Å². The Morgan fingerprint density at radius 3 is 2.83 bits per heavy atom. The van der Waals surface area contributed by atoms with Crippen molar-refractivity contribution in [3.63, 3.8) is 0 Å². The molecule has 0 aliphatic heterocycles. The third-order valence-electron chi connectivity index (χ3n) is 3.60. The third kappa shape index (κ3) is 3.96. The highest BCUT2D eigenvalue weighted by atomic mass is 32.1. The van der Waals surface area contributed by atoms with Crippen LogP contribution in [0.5, 0.6) is 0 Å². The van der Waals surface area contributed by atoms with Crippen LogP contribution in [-0.2, 0) is 0 Å². The van der Waals surface area contributed by atoms with Crippen molar-refractivity contribution in [3.8, 4) is 0 Å². The number of rotatable bonds is 6. The molecule has 1 atom stereocenters. The zero-order valence-corrected chi connectivity index (χ0v) is 12.5. The molecule has 18 heavy (non-hydrogen) atoms. The van der Waals surface area contributed by atoms with Crippen molar-refractivity contribution in [2.75, 3.05) is 6.54 Å². The minimum Gasteiger partial charge on any atom is -0.309 e. The molecule has 1 nitrogen and oxygen atoms in total. The van der Waals surface area contributed by atoms with E-state index in [9.17, 15) is 0 Å². The van der Waals surface area contributed by atoms with Crippen LogP contribution in [0, 0.1) is 6.92 Å². The molecule has 0 bridgehead atoms. The molecule has 2 rings (SSSR count). The van der Waals surface area contributed by atoms with Gasteiger partial charge >= 0.3 is 0 Å². The molecule has 100 valence electrons. The van der Waals surface area contributed by atoms with Crippen molar-refractivity contribution in [1.82, 2.24) is 5.32 Å².